The molecule has 3 N–H and O–H groups in total. The topological polar surface area (TPSA) is 96.2 Å². The van der Waals surface area contributed by atoms with Crippen LogP contribution in [0.25, 0.3) is 0 Å². The van der Waals surface area contributed by atoms with Crippen LogP contribution in [0.2, 0.25) is 0 Å². The van der Waals surface area contributed by atoms with Crippen molar-refractivity contribution >= 4 is 5.97 Å². The van der Waals surface area contributed by atoms with Crippen LogP contribution >= 0.6 is 0 Å². The van der Waals surface area contributed by atoms with Gasteiger partial charge in [0.25, 0.3) is 0 Å². The lowest BCUT2D eigenvalue weighted by atomic mass is 9.89. The Kier molecular flexibility index (Phi) is 11.3. The minimum absolute atomic E-state index is 0.0670. The molecule has 2 fully saturated rings. The summed E-state index contributed by atoms with van der Waals surface area (Å²) >= 11 is 0. The number of allylic oxidation sites excluding steroid dienone is 2. The second-order valence-corrected chi connectivity index (χ2v) is 9.48. The predicted octanol–water partition coefficient (Wildman–Crippen LogP) is 4.65. The third-order valence-electron chi connectivity index (χ3n) is 6.83. The first-order valence-corrected chi connectivity index (χ1v) is 12.7. The minimum Gasteiger partial charge on any atom is -0.481 e. The van der Waals surface area contributed by atoms with Crippen molar-refractivity contribution in [2.24, 2.45) is 11.8 Å². The largest absolute Gasteiger partial charge is 0.481 e. The molecule has 1 aromatic carbocycles. The zero-order chi connectivity index (χ0) is 24.2. The van der Waals surface area contributed by atoms with Gasteiger partial charge in [-0.15, -0.1) is 0 Å². The van der Waals surface area contributed by atoms with E-state index in [1.165, 1.54) is 5.56 Å². The molecular formula is C28H40O6. The summed E-state index contributed by atoms with van der Waals surface area (Å²) in [6.07, 6.45) is 13.9. The first-order valence-electron chi connectivity index (χ1n) is 12.7. The van der Waals surface area contributed by atoms with Gasteiger partial charge in [-0.25, -0.2) is 0 Å². The Morgan fingerprint density at radius 2 is 1.97 bits per heavy atom. The number of aliphatic carboxylic acids is 1. The Morgan fingerprint density at radius 3 is 2.71 bits per heavy atom. The van der Waals surface area contributed by atoms with Gasteiger partial charge in [-0.05, 0) is 62.8 Å². The van der Waals surface area contributed by atoms with E-state index >= 15 is 0 Å². The minimum atomic E-state index is -0.782. The van der Waals surface area contributed by atoms with Gasteiger partial charge in [0.1, 0.15) is 0 Å². The Labute approximate surface area is 203 Å². The standard InChI is InChI=1S/C28H40O6/c29-25-20-26(30)24(23(25)12-6-1-2-7-13-27(31)32)18-17-22(34-28-14-8-9-19-33-28)16-15-21-10-4-3-5-11-21/h1,3-6,10-11,17-18,22-26,28-30H,2,7-9,12-16,19-20H2,(H,31,32)/t22-,23+,24+,25-,26+,28?/m0/s1. The maximum Gasteiger partial charge on any atom is 0.303 e. The van der Waals surface area contributed by atoms with Crippen molar-refractivity contribution in [2.45, 2.75) is 88.8 Å². The molecule has 1 heterocycles. The smallest absolute Gasteiger partial charge is 0.303 e. The van der Waals surface area contributed by atoms with E-state index in [2.05, 4.69) is 18.2 Å². The molecule has 0 spiro atoms. The average molecular weight is 473 g/mol. The maximum atomic E-state index is 10.6. The molecule has 1 saturated heterocycles. The maximum absolute atomic E-state index is 10.6. The van der Waals surface area contributed by atoms with Crippen molar-refractivity contribution in [3.63, 3.8) is 0 Å². The van der Waals surface area contributed by atoms with E-state index in [4.69, 9.17) is 14.6 Å². The third kappa shape index (κ3) is 8.99. The second-order valence-electron chi connectivity index (χ2n) is 9.48. The molecule has 1 aliphatic heterocycles. The number of hydrogen-bond acceptors (Lipinski definition) is 5. The third-order valence-corrected chi connectivity index (χ3v) is 6.83. The zero-order valence-corrected chi connectivity index (χ0v) is 20.0. The summed E-state index contributed by atoms with van der Waals surface area (Å²) in [6, 6.07) is 10.3. The number of carbonyl (C=O) groups is 1. The molecule has 6 heteroatoms. The van der Waals surface area contributed by atoms with Crippen LogP contribution in [0.5, 0.6) is 0 Å². The van der Waals surface area contributed by atoms with Crippen LogP contribution in [0.3, 0.4) is 0 Å². The summed E-state index contributed by atoms with van der Waals surface area (Å²) < 4.78 is 12.1. The fourth-order valence-electron chi connectivity index (χ4n) is 4.88. The molecule has 188 valence electrons. The number of hydrogen-bond donors (Lipinski definition) is 3. The van der Waals surface area contributed by atoms with Gasteiger partial charge in [-0.2, -0.15) is 0 Å². The van der Waals surface area contributed by atoms with Crippen molar-refractivity contribution in [3.8, 4) is 0 Å². The summed E-state index contributed by atoms with van der Waals surface area (Å²) in [6.45, 7) is 0.730. The number of benzene rings is 1. The monoisotopic (exact) mass is 472 g/mol. The van der Waals surface area contributed by atoms with Gasteiger partial charge in [0.05, 0.1) is 18.3 Å². The Morgan fingerprint density at radius 1 is 1.15 bits per heavy atom. The lowest BCUT2D eigenvalue weighted by Crippen LogP contribution is -2.28. The summed E-state index contributed by atoms with van der Waals surface area (Å²) in [5.41, 5.74) is 1.26. The number of carboxylic acids is 1. The molecule has 6 nitrogen and oxygen atoms in total. The molecule has 2 aliphatic rings. The van der Waals surface area contributed by atoms with Crippen molar-refractivity contribution in [1.29, 1.82) is 0 Å². The fraction of sp³-hybridized carbons (Fsp3) is 0.607. The summed E-state index contributed by atoms with van der Waals surface area (Å²) in [5.74, 6) is -0.993. The summed E-state index contributed by atoms with van der Waals surface area (Å²) in [7, 11) is 0. The van der Waals surface area contributed by atoms with Crippen molar-refractivity contribution in [2.75, 3.05) is 6.61 Å². The summed E-state index contributed by atoms with van der Waals surface area (Å²) in [4.78, 5) is 10.6. The quantitative estimate of drug-likeness (QED) is 0.286. The van der Waals surface area contributed by atoms with Crippen molar-refractivity contribution in [1.82, 2.24) is 0 Å². The van der Waals surface area contributed by atoms with Gasteiger partial charge in [-0.1, -0.05) is 54.6 Å². The van der Waals surface area contributed by atoms with E-state index in [1.807, 2.05) is 36.4 Å². The van der Waals surface area contributed by atoms with Crippen molar-refractivity contribution in [3.05, 3.63) is 60.2 Å². The number of ether oxygens (including phenoxy) is 2. The number of unbranched alkanes of at least 4 members (excludes halogenated alkanes) is 1. The molecule has 0 radical (unpaired) electrons. The van der Waals surface area contributed by atoms with Crippen LogP contribution in [0.1, 0.15) is 63.4 Å². The molecule has 1 aromatic rings. The van der Waals surface area contributed by atoms with Crippen LogP contribution in [-0.2, 0) is 20.7 Å². The van der Waals surface area contributed by atoms with E-state index in [0.29, 0.717) is 25.7 Å². The summed E-state index contributed by atoms with van der Waals surface area (Å²) in [5, 5.41) is 29.9. The molecule has 0 bridgehead atoms. The zero-order valence-electron chi connectivity index (χ0n) is 20.0. The number of carboxylic acid groups (broad SMARTS) is 1. The Balaban J connectivity index is 1.60. The highest BCUT2D eigenvalue weighted by Crippen LogP contribution is 2.36. The fourth-order valence-corrected chi connectivity index (χ4v) is 4.88. The molecule has 1 saturated carbocycles. The van der Waals surface area contributed by atoms with Gasteiger partial charge < -0.3 is 24.8 Å². The molecule has 1 unspecified atom stereocenters. The molecule has 34 heavy (non-hydrogen) atoms. The van der Waals surface area contributed by atoms with Crippen LogP contribution in [-0.4, -0.2) is 52.5 Å². The number of rotatable bonds is 13. The molecule has 0 amide bonds. The molecular weight excluding hydrogens is 432 g/mol. The van der Waals surface area contributed by atoms with Crippen LogP contribution in [0.15, 0.2) is 54.6 Å². The van der Waals surface area contributed by atoms with Gasteiger partial charge in [0, 0.05) is 25.4 Å². The molecule has 6 atom stereocenters. The Bertz CT molecular complexity index is 770. The van der Waals surface area contributed by atoms with Crippen LogP contribution in [0.4, 0.5) is 0 Å². The SMILES string of the molecule is O=C(O)CCCC=CC[C@@H]1[C@@H](C=C[C@H](CCc2ccccc2)OC2CCCCO2)[C@H](O)C[C@@H]1O. The first kappa shape index (κ1) is 26.6. The predicted molar refractivity (Wildman–Crippen MR) is 131 cm³/mol. The highest BCUT2D eigenvalue weighted by Gasteiger charge is 2.39. The molecule has 1 aliphatic carbocycles. The molecule has 3 rings (SSSR count). The van der Waals surface area contributed by atoms with E-state index < -0.39 is 18.2 Å². The van der Waals surface area contributed by atoms with Crippen molar-refractivity contribution < 1.29 is 29.6 Å². The number of aryl methyl sites for hydroxylation is 1. The number of aliphatic hydroxyl groups is 2. The highest BCUT2D eigenvalue weighted by molar-refractivity contribution is 5.66. The van der Waals surface area contributed by atoms with Gasteiger partial charge in [-0.3, -0.25) is 4.79 Å². The molecule has 0 aromatic heterocycles. The lowest BCUT2D eigenvalue weighted by Gasteiger charge is -2.27. The Hall–Kier alpha value is -1.99. The van der Waals surface area contributed by atoms with Crippen LogP contribution < -0.4 is 0 Å². The first-order chi connectivity index (χ1) is 16.5. The van der Waals surface area contributed by atoms with E-state index in [0.717, 1.165) is 38.7 Å². The lowest BCUT2D eigenvalue weighted by molar-refractivity contribution is -0.179. The van der Waals surface area contributed by atoms with Gasteiger partial charge in [0.15, 0.2) is 6.29 Å². The van der Waals surface area contributed by atoms with Gasteiger partial charge >= 0.3 is 5.97 Å². The van der Waals surface area contributed by atoms with Crippen LogP contribution in [0, 0.1) is 11.8 Å². The normalized spacial score (nSPS) is 28.6. The highest BCUT2D eigenvalue weighted by atomic mass is 16.7. The van der Waals surface area contributed by atoms with E-state index in [1.54, 1.807) is 0 Å². The second kappa shape index (κ2) is 14.4. The average Bonchev–Trinajstić information content (AvgIpc) is 3.11. The van der Waals surface area contributed by atoms with Gasteiger partial charge in [0.2, 0.25) is 0 Å². The number of aliphatic hydroxyl groups excluding tert-OH is 2. The van der Waals surface area contributed by atoms with E-state index in [-0.39, 0.29) is 30.7 Å². The van der Waals surface area contributed by atoms with E-state index in [9.17, 15) is 15.0 Å².